The Morgan fingerprint density at radius 1 is 1.07 bits per heavy atom. The van der Waals surface area contributed by atoms with E-state index in [0.717, 1.165) is 11.6 Å². The molecule has 144 valence electrons. The Morgan fingerprint density at radius 2 is 1.74 bits per heavy atom. The van der Waals surface area contributed by atoms with Gasteiger partial charge in [-0.05, 0) is 18.6 Å². The minimum absolute atomic E-state index is 0.0339. The number of carbonyl (C=O) groups is 1. The Morgan fingerprint density at radius 3 is 2.37 bits per heavy atom. The number of nitrogens with two attached hydrogens (primary N) is 1. The van der Waals surface area contributed by atoms with Gasteiger partial charge in [0.05, 0.1) is 0 Å². The summed E-state index contributed by atoms with van der Waals surface area (Å²) in [7, 11) is 0. The second-order valence-electron chi connectivity index (χ2n) is 6.98. The van der Waals surface area contributed by atoms with Gasteiger partial charge >= 0.3 is 0 Å². The topological polar surface area (TPSA) is 49.6 Å². The number of nitrogens with zero attached hydrogens (tertiary/aromatic N) is 2. The van der Waals surface area contributed by atoms with E-state index >= 15 is 0 Å². The van der Waals surface area contributed by atoms with Crippen molar-refractivity contribution in [2.24, 2.45) is 5.73 Å². The van der Waals surface area contributed by atoms with E-state index < -0.39 is 11.6 Å². The average molecular weight is 373 g/mol. The lowest BCUT2D eigenvalue weighted by atomic mass is 10.0. The van der Waals surface area contributed by atoms with Gasteiger partial charge in [-0.1, -0.05) is 36.4 Å². The zero-order valence-electron chi connectivity index (χ0n) is 15.4. The average Bonchev–Trinajstić information content (AvgIpc) is 2.68. The summed E-state index contributed by atoms with van der Waals surface area (Å²) in [6.07, 6.45) is 0.270. The standard InChI is InChI=1S/C21H25F2N3O/c1-15(18-8-7-17(22)13-19(18)23)25-9-11-26(12-10-25)21(27)14-20(24)16-5-3-2-4-6-16/h2-8,13,15,20H,9-12,14,24H2,1H3. The first-order valence-corrected chi connectivity index (χ1v) is 9.23. The van der Waals surface area contributed by atoms with Crippen LogP contribution in [0.25, 0.3) is 0 Å². The molecule has 27 heavy (non-hydrogen) atoms. The second kappa shape index (κ2) is 8.59. The van der Waals surface area contributed by atoms with Gasteiger partial charge in [0.25, 0.3) is 0 Å². The lowest BCUT2D eigenvalue weighted by Gasteiger charge is -2.38. The van der Waals surface area contributed by atoms with Crippen molar-refractivity contribution in [2.45, 2.75) is 25.4 Å². The molecule has 0 spiro atoms. The molecule has 0 radical (unpaired) electrons. The number of carbonyl (C=O) groups excluding carboxylic acids is 1. The van der Waals surface area contributed by atoms with Crippen LogP contribution in [-0.4, -0.2) is 41.9 Å². The van der Waals surface area contributed by atoms with E-state index in [0.29, 0.717) is 31.7 Å². The SMILES string of the molecule is CC(c1ccc(F)cc1F)N1CCN(C(=O)CC(N)c2ccccc2)CC1. The quantitative estimate of drug-likeness (QED) is 0.875. The van der Waals surface area contributed by atoms with Crippen molar-refractivity contribution in [2.75, 3.05) is 26.2 Å². The van der Waals surface area contributed by atoms with Crippen molar-refractivity contribution in [3.05, 3.63) is 71.3 Å². The van der Waals surface area contributed by atoms with Gasteiger partial charge in [-0.15, -0.1) is 0 Å². The van der Waals surface area contributed by atoms with Crippen molar-refractivity contribution >= 4 is 5.91 Å². The maximum atomic E-state index is 14.0. The molecule has 0 bridgehead atoms. The molecule has 2 aromatic carbocycles. The van der Waals surface area contributed by atoms with Crippen LogP contribution in [0.4, 0.5) is 8.78 Å². The molecule has 2 aromatic rings. The predicted octanol–water partition coefficient (Wildman–Crippen LogP) is 3.26. The molecule has 1 aliphatic heterocycles. The summed E-state index contributed by atoms with van der Waals surface area (Å²) in [6.45, 7) is 4.34. The van der Waals surface area contributed by atoms with E-state index in [1.54, 1.807) is 0 Å². The molecule has 1 aliphatic rings. The molecule has 1 heterocycles. The highest BCUT2D eigenvalue weighted by Gasteiger charge is 2.27. The molecule has 0 aliphatic carbocycles. The maximum Gasteiger partial charge on any atom is 0.224 e. The highest BCUT2D eigenvalue weighted by atomic mass is 19.1. The van der Waals surface area contributed by atoms with Crippen LogP contribution in [0.5, 0.6) is 0 Å². The highest BCUT2D eigenvalue weighted by molar-refractivity contribution is 5.77. The lowest BCUT2D eigenvalue weighted by Crippen LogP contribution is -2.49. The monoisotopic (exact) mass is 373 g/mol. The first kappa shape index (κ1) is 19.5. The third-order valence-corrected chi connectivity index (χ3v) is 5.25. The molecule has 2 unspecified atom stereocenters. The smallest absolute Gasteiger partial charge is 0.224 e. The maximum absolute atomic E-state index is 14.0. The van der Waals surface area contributed by atoms with Crippen LogP contribution >= 0.6 is 0 Å². The summed E-state index contributed by atoms with van der Waals surface area (Å²) in [5.74, 6) is -1.07. The second-order valence-corrected chi connectivity index (χ2v) is 6.98. The molecule has 2 atom stereocenters. The fourth-order valence-electron chi connectivity index (χ4n) is 3.53. The van der Waals surface area contributed by atoms with Crippen LogP contribution in [0.1, 0.15) is 36.6 Å². The molecule has 0 saturated carbocycles. The fraction of sp³-hybridized carbons (Fsp3) is 0.381. The third kappa shape index (κ3) is 4.70. The molecule has 1 fully saturated rings. The highest BCUT2D eigenvalue weighted by Crippen LogP contribution is 2.25. The van der Waals surface area contributed by atoms with Gasteiger partial charge in [0.1, 0.15) is 11.6 Å². The Bertz CT molecular complexity index is 776. The molecule has 2 N–H and O–H groups in total. The van der Waals surface area contributed by atoms with Crippen molar-refractivity contribution < 1.29 is 13.6 Å². The third-order valence-electron chi connectivity index (χ3n) is 5.25. The number of hydrogen-bond acceptors (Lipinski definition) is 3. The molecular weight excluding hydrogens is 348 g/mol. The summed E-state index contributed by atoms with van der Waals surface area (Å²) in [5, 5.41) is 0. The van der Waals surface area contributed by atoms with Crippen LogP contribution in [-0.2, 0) is 4.79 Å². The molecule has 1 saturated heterocycles. The van der Waals surface area contributed by atoms with Crippen molar-refractivity contribution in [1.29, 1.82) is 0 Å². The fourth-order valence-corrected chi connectivity index (χ4v) is 3.53. The summed E-state index contributed by atoms with van der Waals surface area (Å²) < 4.78 is 27.1. The Hall–Kier alpha value is -2.31. The van der Waals surface area contributed by atoms with Gasteiger partial charge in [-0.25, -0.2) is 8.78 Å². The number of rotatable bonds is 5. The molecular formula is C21H25F2N3O. The summed E-state index contributed by atoms with van der Waals surface area (Å²) in [6, 6.07) is 12.8. The minimum Gasteiger partial charge on any atom is -0.340 e. The lowest BCUT2D eigenvalue weighted by molar-refractivity contribution is -0.133. The van der Waals surface area contributed by atoms with E-state index in [4.69, 9.17) is 5.73 Å². The van der Waals surface area contributed by atoms with E-state index in [1.807, 2.05) is 42.2 Å². The van der Waals surface area contributed by atoms with Gasteiger partial charge in [-0.2, -0.15) is 0 Å². The number of hydrogen-bond donors (Lipinski definition) is 1. The number of piperazine rings is 1. The Balaban J connectivity index is 1.54. The van der Waals surface area contributed by atoms with Gasteiger partial charge in [0.2, 0.25) is 5.91 Å². The van der Waals surface area contributed by atoms with Gasteiger partial charge in [0.15, 0.2) is 0 Å². The number of halogens is 2. The molecule has 3 rings (SSSR count). The largest absolute Gasteiger partial charge is 0.340 e. The van der Waals surface area contributed by atoms with Crippen molar-refractivity contribution in [3.8, 4) is 0 Å². The van der Waals surface area contributed by atoms with Gasteiger partial charge in [-0.3, -0.25) is 9.69 Å². The van der Waals surface area contributed by atoms with E-state index in [-0.39, 0.29) is 24.4 Å². The first-order chi connectivity index (χ1) is 13.0. The normalized spacial score (nSPS) is 17.6. The zero-order valence-corrected chi connectivity index (χ0v) is 15.4. The minimum atomic E-state index is -0.575. The van der Waals surface area contributed by atoms with Crippen molar-refractivity contribution in [3.63, 3.8) is 0 Å². The Kier molecular flexibility index (Phi) is 6.19. The molecule has 1 amide bonds. The van der Waals surface area contributed by atoms with E-state index in [1.165, 1.54) is 12.1 Å². The summed E-state index contributed by atoms with van der Waals surface area (Å²) >= 11 is 0. The van der Waals surface area contributed by atoms with Crippen molar-refractivity contribution in [1.82, 2.24) is 9.80 Å². The number of benzene rings is 2. The summed E-state index contributed by atoms with van der Waals surface area (Å²) in [4.78, 5) is 16.5. The predicted molar refractivity (Wildman–Crippen MR) is 101 cm³/mol. The van der Waals surface area contributed by atoms with Crippen LogP contribution in [0.2, 0.25) is 0 Å². The van der Waals surface area contributed by atoms with E-state index in [9.17, 15) is 13.6 Å². The van der Waals surface area contributed by atoms with Crippen LogP contribution in [0.15, 0.2) is 48.5 Å². The van der Waals surface area contributed by atoms with E-state index in [2.05, 4.69) is 4.90 Å². The number of amides is 1. The molecule has 4 nitrogen and oxygen atoms in total. The summed E-state index contributed by atoms with van der Waals surface area (Å²) in [5.41, 5.74) is 7.58. The Labute approximate surface area is 158 Å². The molecule has 0 aromatic heterocycles. The molecule has 6 heteroatoms. The van der Waals surface area contributed by atoms with Gasteiger partial charge in [0, 0.05) is 56.3 Å². The van der Waals surface area contributed by atoms with Gasteiger partial charge < -0.3 is 10.6 Å². The van der Waals surface area contributed by atoms with Crippen LogP contribution in [0, 0.1) is 11.6 Å². The van der Waals surface area contributed by atoms with Crippen LogP contribution in [0.3, 0.4) is 0 Å². The first-order valence-electron chi connectivity index (χ1n) is 9.23. The zero-order chi connectivity index (χ0) is 19.4. The van der Waals surface area contributed by atoms with Crippen LogP contribution < -0.4 is 5.73 Å².